The van der Waals surface area contributed by atoms with Gasteiger partial charge in [0.2, 0.25) is 0 Å². The summed E-state index contributed by atoms with van der Waals surface area (Å²) >= 11 is 6.52. The molecule has 9 heteroatoms. The van der Waals surface area contributed by atoms with Crippen LogP contribution >= 0.6 is 11.6 Å². The lowest BCUT2D eigenvalue weighted by atomic mass is 9.75. The van der Waals surface area contributed by atoms with Gasteiger partial charge in [-0.2, -0.15) is 13.2 Å². The smallest absolute Gasteiger partial charge is 0.380 e. The molecule has 2 saturated heterocycles. The third kappa shape index (κ3) is 4.98. The summed E-state index contributed by atoms with van der Waals surface area (Å²) in [6.07, 6.45) is -2.88. The van der Waals surface area contributed by atoms with Gasteiger partial charge in [-0.25, -0.2) is 8.42 Å². The van der Waals surface area contributed by atoms with Crippen molar-refractivity contribution in [1.29, 1.82) is 0 Å². The van der Waals surface area contributed by atoms with Crippen molar-refractivity contribution < 1.29 is 26.7 Å². The number of halogens is 4. The van der Waals surface area contributed by atoms with Crippen LogP contribution in [0.25, 0.3) is 0 Å². The first kappa shape index (κ1) is 24.3. The highest BCUT2D eigenvalue weighted by Gasteiger charge is 2.55. The van der Waals surface area contributed by atoms with Gasteiger partial charge in [0.25, 0.3) is 0 Å². The molecule has 1 aromatic rings. The fourth-order valence-corrected chi connectivity index (χ4v) is 8.55. The molecule has 0 aromatic heterocycles. The molecule has 1 aliphatic carbocycles. The van der Waals surface area contributed by atoms with Crippen molar-refractivity contribution in [3.05, 3.63) is 34.3 Å². The number of benzene rings is 1. The van der Waals surface area contributed by atoms with Gasteiger partial charge in [0.15, 0.2) is 15.4 Å². The van der Waals surface area contributed by atoms with Crippen LogP contribution in [0.1, 0.15) is 56.1 Å². The van der Waals surface area contributed by atoms with E-state index in [9.17, 15) is 26.7 Å². The minimum atomic E-state index is -4.59. The Hall–Kier alpha value is -0.830. The Labute approximate surface area is 193 Å². The minimum absolute atomic E-state index is 0.0260. The molecule has 4 nitrogen and oxygen atoms in total. The van der Waals surface area contributed by atoms with Gasteiger partial charge in [-0.05, 0) is 74.1 Å². The summed E-state index contributed by atoms with van der Waals surface area (Å²) in [4.78, 5) is 2.36. The van der Waals surface area contributed by atoms with Crippen LogP contribution in [0.4, 0.5) is 13.2 Å². The maximum Gasteiger partial charge on any atom is 0.417 e. The van der Waals surface area contributed by atoms with Crippen molar-refractivity contribution in [1.82, 2.24) is 4.90 Å². The molecule has 1 N–H and O–H groups in total. The lowest BCUT2D eigenvalue weighted by molar-refractivity contribution is -0.270. The monoisotopic (exact) mass is 493 g/mol. The van der Waals surface area contributed by atoms with E-state index in [-0.39, 0.29) is 37.0 Å². The topological polar surface area (TPSA) is 57.6 Å². The molecule has 32 heavy (non-hydrogen) atoms. The number of nitrogens with zero attached hydrogens (tertiary/aromatic N) is 1. The number of likely N-dealkylation sites (tertiary alicyclic amines) is 1. The fraction of sp³-hybridized carbons (Fsp3) is 0.739. The SMILES string of the molecule is C[C@@H](Cc1ccc([C@H]2CC[C@@](O)(C(F)(F)F)CC2)c(Cl)c1)CN1CCC2(C1)CS(=O)(=O)C2. The molecule has 0 bridgehead atoms. The number of hydrogen-bond donors (Lipinski definition) is 1. The molecular weight excluding hydrogens is 463 g/mol. The van der Waals surface area contributed by atoms with Crippen molar-refractivity contribution in [2.75, 3.05) is 31.1 Å². The second-order valence-corrected chi connectivity index (χ2v) is 13.0. The highest BCUT2D eigenvalue weighted by atomic mass is 35.5. The quantitative estimate of drug-likeness (QED) is 0.651. The van der Waals surface area contributed by atoms with Gasteiger partial charge in [-0.1, -0.05) is 30.7 Å². The third-order valence-electron chi connectivity index (χ3n) is 7.57. The Morgan fingerprint density at radius 3 is 2.44 bits per heavy atom. The second-order valence-electron chi connectivity index (χ2n) is 10.5. The van der Waals surface area contributed by atoms with Crippen LogP contribution in [-0.2, 0) is 16.3 Å². The molecule has 2 heterocycles. The molecule has 1 aromatic carbocycles. The average Bonchev–Trinajstić information content (AvgIpc) is 3.03. The van der Waals surface area contributed by atoms with Gasteiger partial charge in [-0.3, -0.25) is 0 Å². The molecule has 2 aliphatic heterocycles. The van der Waals surface area contributed by atoms with Gasteiger partial charge in [-0.15, -0.1) is 0 Å². The number of alkyl halides is 3. The molecule has 1 saturated carbocycles. The van der Waals surface area contributed by atoms with Crippen LogP contribution in [0.3, 0.4) is 0 Å². The number of aliphatic hydroxyl groups is 1. The normalized spacial score (nSPS) is 30.9. The molecular formula is C23H31ClF3NO3S. The maximum atomic E-state index is 13.0. The average molecular weight is 494 g/mol. The van der Waals surface area contributed by atoms with E-state index >= 15 is 0 Å². The lowest BCUT2D eigenvalue weighted by Crippen LogP contribution is -2.50. The molecule has 180 valence electrons. The van der Waals surface area contributed by atoms with Crippen LogP contribution in [0.15, 0.2) is 18.2 Å². The second kappa shape index (κ2) is 8.43. The number of rotatable bonds is 5. The Kier molecular flexibility index (Phi) is 6.40. The Morgan fingerprint density at radius 1 is 1.22 bits per heavy atom. The Bertz CT molecular complexity index is 946. The molecule has 3 fully saturated rings. The summed E-state index contributed by atoms with van der Waals surface area (Å²) in [5.41, 5.74) is -0.653. The van der Waals surface area contributed by atoms with E-state index in [0.717, 1.165) is 43.6 Å². The predicted molar refractivity (Wildman–Crippen MR) is 119 cm³/mol. The van der Waals surface area contributed by atoms with Crippen LogP contribution in [0, 0.1) is 11.3 Å². The molecule has 1 spiro atoms. The van der Waals surface area contributed by atoms with E-state index in [1.165, 1.54) is 0 Å². The fourth-order valence-electron chi connectivity index (χ4n) is 5.94. The summed E-state index contributed by atoms with van der Waals surface area (Å²) in [5, 5.41) is 10.5. The first-order chi connectivity index (χ1) is 14.8. The molecule has 0 amide bonds. The van der Waals surface area contributed by atoms with Crippen LogP contribution in [0.2, 0.25) is 5.02 Å². The highest BCUT2D eigenvalue weighted by Crippen LogP contribution is 2.47. The Morgan fingerprint density at radius 2 is 1.88 bits per heavy atom. The summed E-state index contributed by atoms with van der Waals surface area (Å²) in [5.74, 6) is 0.948. The summed E-state index contributed by atoms with van der Waals surface area (Å²) < 4.78 is 62.3. The zero-order valence-electron chi connectivity index (χ0n) is 18.3. The zero-order chi connectivity index (χ0) is 23.4. The third-order valence-corrected chi connectivity index (χ3v) is 10.0. The van der Waals surface area contributed by atoms with E-state index < -0.39 is 21.6 Å². The minimum Gasteiger partial charge on any atom is -0.380 e. The van der Waals surface area contributed by atoms with E-state index in [2.05, 4.69) is 11.8 Å². The van der Waals surface area contributed by atoms with Crippen LogP contribution in [0.5, 0.6) is 0 Å². The van der Waals surface area contributed by atoms with Crippen molar-refractivity contribution in [3.8, 4) is 0 Å². The largest absolute Gasteiger partial charge is 0.417 e. The maximum absolute atomic E-state index is 13.0. The Balaban J connectivity index is 1.30. The van der Waals surface area contributed by atoms with Gasteiger partial charge in [0.05, 0.1) is 11.5 Å². The summed E-state index contributed by atoms with van der Waals surface area (Å²) in [7, 11) is -2.82. The van der Waals surface area contributed by atoms with E-state index in [4.69, 9.17) is 11.6 Å². The van der Waals surface area contributed by atoms with Crippen LogP contribution in [-0.4, -0.2) is 61.3 Å². The van der Waals surface area contributed by atoms with Gasteiger partial charge in [0, 0.05) is 23.5 Å². The summed E-state index contributed by atoms with van der Waals surface area (Å²) in [6.45, 7) is 4.86. The zero-order valence-corrected chi connectivity index (χ0v) is 19.9. The van der Waals surface area contributed by atoms with Gasteiger partial charge >= 0.3 is 6.18 Å². The van der Waals surface area contributed by atoms with Crippen molar-refractivity contribution in [2.45, 2.75) is 63.1 Å². The summed E-state index contributed by atoms with van der Waals surface area (Å²) in [6, 6.07) is 5.85. The molecule has 0 radical (unpaired) electrons. The van der Waals surface area contributed by atoms with Crippen LogP contribution < -0.4 is 0 Å². The number of sulfone groups is 1. The molecule has 4 rings (SSSR count). The first-order valence-electron chi connectivity index (χ1n) is 11.3. The van der Waals surface area contributed by atoms with E-state index in [1.807, 2.05) is 18.2 Å². The van der Waals surface area contributed by atoms with Crippen molar-refractivity contribution >= 4 is 21.4 Å². The predicted octanol–water partition coefficient (Wildman–Crippen LogP) is 4.59. The molecule has 0 unspecified atom stereocenters. The number of hydrogen-bond acceptors (Lipinski definition) is 4. The van der Waals surface area contributed by atoms with Gasteiger partial charge in [0.1, 0.15) is 0 Å². The van der Waals surface area contributed by atoms with Crippen molar-refractivity contribution in [3.63, 3.8) is 0 Å². The van der Waals surface area contributed by atoms with Gasteiger partial charge < -0.3 is 10.0 Å². The first-order valence-corrected chi connectivity index (χ1v) is 13.5. The highest BCUT2D eigenvalue weighted by molar-refractivity contribution is 7.92. The van der Waals surface area contributed by atoms with E-state index in [1.54, 1.807) is 0 Å². The standard InChI is InChI=1S/C23H31ClF3NO3S/c1-16(12-28-9-8-21(13-28)14-32(30,31)15-21)10-17-2-3-19(20(24)11-17)18-4-6-22(29,7-5-18)23(25,26)27/h2-3,11,16,18,29H,4-10,12-15H2,1H3/t16-,18-,22-/m0/s1. The van der Waals surface area contributed by atoms with E-state index in [0.29, 0.717) is 22.4 Å². The lowest BCUT2D eigenvalue weighted by Gasteiger charge is -2.37. The molecule has 1 atom stereocenters. The molecule has 3 aliphatic rings. The van der Waals surface area contributed by atoms with Crippen molar-refractivity contribution in [2.24, 2.45) is 11.3 Å².